The molecule has 0 N–H and O–H groups in total. The Hall–Kier alpha value is 1.15. The first-order valence-electron chi connectivity index (χ1n) is 7.11. The summed E-state index contributed by atoms with van der Waals surface area (Å²) in [7, 11) is 3.31. The van der Waals surface area contributed by atoms with Gasteiger partial charge < -0.3 is 0 Å². The summed E-state index contributed by atoms with van der Waals surface area (Å²) in [5.41, 5.74) is 0. The fourth-order valence-electron chi connectivity index (χ4n) is 2.58. The molecule has 24 heavy (non-hydrogen) atoms. The highest BCUT2D eigenvalue weighted by atomic mass is 35.5. The number of benzene rings is 2. The fraction of sp³-hybridized carbons (Fsp3) is 0.267. The highest BCUT2D eigenvalue weighted by Crippen LogP contribution is 2.62. The Morgan fingerprint density at radius 2 is 1.58 bits per heavy atom. The summed E-state index contributed by atoms with van der Waals surface area (Å²) in [6, 6.07) is 0. The first-order chi connectivity index (χ1) is 11.5. The van der Waals surface area contributed by atoms with E-state index in [0.717, 1.165) is 56.2 Å². The lowest BCUT2D eigenvalue weighted by Gasteiger charge is -2.14. The molecule has 0 nitrogen and oxygen atoms in total. The van der Waals surface area contributed by atoms with Gasteiger partial charge in [-0.3, -0.25) is 0 Å². The van der Waals surface area contributed by atoms with Gasteiger partial charge in [0.2, 0.25) is 0 Å². The van der Waals surface area contributed by atoms with E-state index in [2.05, 4.69) is 6.92 Å². The molecule has 1 aliphatic heterocycles. The molecule has 0 radical (unpaired) electrons. The smallest absolute Gasteiger partial charge is 0.124 e. The van der Waals surface area contributed by atoms with E-state index in [1.807, 2.05) is 0 Å². The van der Waals surface area contributed by atoms with Crippen LogP contribution in [0.3, 0.4) is 0 Å². The summed E-state index contributed by atoms with van der Waals surface area (Å²) in [5.74, 6) is 1.02. The number of halogens is 3. The third-order valence-electron chi connectivity index (χ3n) is 3.68. The van der Waals surface area contributed by atoms with Crippen molar-refractivity contribution in [3.8, 4) is 0 Å². The van der Waals surface area contributed by atoms with Crippen LogP contribution in [0.1, 0.15) is 19.8 Å². The van der Waals surface area contributed by atoms with Crippen molar-refractivity contribution in [2.24, 2.45) is 0 Å². The molecule has 0 amide bonds. The lowest BCUT2D eigenvalue weighted by molar-refractivity contribution is 0.896. The lowest BCUT2D eigenvalue weighted by atomic mass is 10.1. The highest BCUT2D eigenvalue weighted by Gasteiger charge is 2.30. The lowest BCUT2D eigenvalue weighted by Crippen LogP contribution is -1.88. The maximum atomic E-state index is 6.69. The molecule has 0 saturated carbocycles. The molecule has 0 bridgehead atoms. The van der Waals surface area contributed by atoms with Crippen LogP contribution in [0.25, 0.3) is 20.2 Å². The third-order valence-corrected chi connectivity index (χ3v) is 11.7. The molecule has 3 aromatic rings. The Morgan fingerprint density at radius 3 is 2.29 bits per heavy atom. The Morgan fingerprint density at radius 1 is 0.917 bits per heavy atom. The number of hydrogen-bond donors (Lipinski definition) is 0. The van der Waals surface area contributed by atoms with E-state index >= 15 is 0 Å². The second-order valence-electron chi connectivity index (χ2n) is 5.16. The monoisotopic (exact) mass is 486 g/mol. The van der Waals surface area contributed by atoms with Gasteiger partial charge in [-0.05, 0) is 12.2 Å². The summed E-state index contributed by atoms with van der Waals surface area (Å²) in [6.45, 7) is 2.19. The van der Waals surface area contributed by atoms with Crippen LogP contribution >= 0.6 is 103 Å². The molecule has 2 aromatic carbocycles. The third kappa shape index (κ3) is 2.85. The van der Waals surface area contributed by atoms with Crippen molar-refractivity contribution < 1.29 is 0 Å². The molecule has 9 heteroatoms. The molecule has 2 heterocycles. The van der Waals surface area contributed by atoms with Gasteiger partial charge in [-0.25, -0.2) is 0 Å². The summed E-state index contributed by atoms with van der Waals surface area (Å²) >= 11 is 30.4. The van der Waals surface area contributed by atoms with Crippen molar-refractivity contribution in [1.82, 2.24) is 0 Å². The molecule has 0 saturated heterocycles. The van der Waals surface area contributed by atoms with Crippen LogP contribution in [0.4, 0.5) is 0 Å². The molecule has 0 spiro atoms. The summed E-state index contributed by atoms with van der Waals surface area (Å²) < 4.78 is 3.11. The topological polar surface area (TPSA) is 0 Å². The molecule has 126 valence electrons. The molecule has 4 rings (SSSR count). The minimum atomic E-state index is 0.647. The molecule has 1 aliphatic rings. The zero-order chi connectivity index (χ0) is 17.0. The van der Waals surface area contributed by atoms with E-state index in [1.165, 1.54) is 5.39 Å². The number of fused-ring (bicyclic) bond motifs is 2. The minimum absolute atomic E-state index is 0.647. The standard InChI is InChI=1S/C15H9Cl3S6/c1-2-3-4-20-10-5-6-11(8(17)7(10)16)23-24-12(6)9(18)14-13(5)21-15(19)22-14/h2-4H2,1H3. The quantitative estimate of drug-likeness (QED) is 0.155. The van der Waals surface area contributed by atoms with Crippen LogP contribution in [-0.4, -0.2) is 5.75 Å². The average Bonchev–Trinajstić information content (AvgIpc) is 3.15. The van der Waals surface area contributed by atoms with Gasteiger partial charge in [-0.15, -0.1) is 34.4 Å². The first kappa shape index (κ1) is 18.5. The van der Waals surface area contributed by atoms with Crippen molar-refractivity contribution in [2.75, 3.05) is 5.75 Å². The van der Waals surface area contributed by atoms with Crippen molar-refractivity contribution in [2.45, 2.75) is 34.5 Å². The molecule has 0 fully saturated rings. The normalized spacial score (nSPS) is 13.5. The zero-order valence-corrected chi connectivity index (χ0v) is 19.4. The number of rotatable bonds is 4. The van der Waals surface area contributed by atoms with E-state index < -0.39 is 0 Å². The molecular weight excluding hydrogens is 479 g/mol. The minimum Gasteiger partial charge on any atom is -0.124 e. The number of thioether (sulfide) groups is 1. The van der Waals surface area contributed by atoms with Crippen LogP contribution in [0.15, 0.2) is 14.7 Å². The molecule has 1 aromatic heterocycles. The first-order valence-corrected chi connectivity index (χ1v) is 13.4. The highest BCUT2D eigenvalue weighted by molar-refractivity contribution is 8.77. The second-order valence-corrected chi connectivity index (χ2v) is 12.8. The van der Waals surface area contributed by atoms with Gasteiger partial charge in [0.1, 0.15) is 3.14 Å². The van der Waals surface area contributed by atoms with Crippen molar-refractivity contribution >= 4 is 123 Å². The van der Waals surface area contributed by atoms with E-state index in [0.29, 0.717) is 10.0 Å². The Balaban J connectivity index is 2.16. The number of unbranched alkanes of at least 4 members (excludes halogenated alkanes) is 1. The van der Waals surface area contributed by atoms with Crippen LogP contribution in [0.5, 0.6) is 0 Å². The van der Waals surface area contributed by atoms with Gasteiger partial charge in [-0.1, -0.05) is 82.0 Å². The average molecular weight is 488 g/mol. The molecular formula is C15H9Cl3S6. The van der Waals surface area contributed by atoms with Gasteiger partial charge in [0, 0.05) is 25.5 Å². The van der Waals surface area contributed by atoms with Crippen LogP contribution in [-0.2, 0) is 0 Å². The second kappa shape index (κ2) is 7.28. The molecule has 0 unspecified atom stereocenters. The summed E-state index contributed by atoms with van der Waals surface area (Å²) in [5, 5.41) is 4.45. The van der Waals surface area contributed by atoms with E-state index in [-0.39, 0.29) is 0 Å². The van der Waals surface area contributed by atoms with Crippen molar-refractivity contribution in [1.29, 1.82) is 0 Å². The molecule has 0 atom stereocenters. The van der Waals surface area contributed by atoms with Gasteiger partial charge in [0.05, 0.1) is 24.5 Å². The maximum absolute atomic E-state index is 6.69. The molecule has 0 aliphatic carbocycles. The van der Waals surface area contributed by atoms with Gasteiger partial charge in [-0.2, -0.15) is 0 Å². The van der Waals surface area contributed by atoms with Crippen molar-refractivity contribution in [3.63, 3.8) is 0 Å². The van der Waals surface area contributed by atoms with Gasteiger partial charge in [0.15, 0.2) is 0 Å². The Labute approximate surface area is 180 Å². The van der Waals surface area contributed by atoms with Gasteiger partial charge >= 0.3 is 0 Å². The van der Waals surface area contributed by atoms with Crippen LogP contribution in [0.2, 0.25) is 15.1 Å². The fourth-order valence-corrected chi connectivity index (χ4v) is 10.7. The van der Waals surface area contributed by atoms with E-state index in [1.54, 1.807) is 56.0 Å². The van der Waals surface area contributed by atoms with E-state index in [4.69, 9.17) is 47.0 Å². The van der Waals surface area contributed by atoms with Crippen molar-refractivity contribution in [3.05, 3.63) is 18.2 Å². The Kier molecular flexibility index (Phi) is 5.62. The summed E-state index contributed by atoms with van der Waals surface area (Å²) in [4.78, 5) is 3.20. The predicted molar refractivity (Wildman–Crippen MR) is 120 cm³/mol. The predicted octanol–water partition coefficient (Wildman–Crippen LogP) is 9.81. The van der Waals surface area contributed by atoms with Crippen LogP contribution < -0.4 is 0 Å². The van der Waals surface area contributed by atoms with Crippen LogP contribution in [0, 0.1) is 3.14 Å². The zero-order valence-electron chi connectivity index (χ0n) is 12.2. The van der Waals surface area contributed by atoms with Gasteiger partial charge in [0.25, 0.3) is 0 Å². The Bertz CT molecular complexity index is 1040. The van der Waals surface area contributed by atoms with E-state index in [9.17, 15) is 0 Å². The number of hydrogen-bond acceptors (Lipinski definition) is 6. The maximum Gasteiger partial charge on any atom is 0.144 e. The largest absolute Gasteiger partial charge is 0.144 e. The summed E-state index contributed by atoms with van der Waals surface area (Å²) in [6.07, 6.45) is 2.30. The SMILES string of the molecule is CCCCSc1c(Cl)c(Cl)c2c3c(c(Cl)c4sc(=S)sc4c13)SS2.